The lowest BCUT2D eigenvalue weighted by atomic mass is 10.2. The van der Waals surface area contributed by atoms with Crippen LogP contribution < -0.4 is 10.6 Å². The Morgan fingerprint density at radius 2 is 2.33 bits per heavy atom. The molecule has 0 radical (unpaired) electrons. The van der Waals surface area contributed by atoms with Gasteiger partial charge in [0.25, 0.3) is 0 Å². The summed E-state index contributed by atoms with van der Waals surface area (Å²) in [6, 6.07) is 3.48. The van der Waals surface area contributed by atoms with Crippen LogP contribution in [0.4, 0.5) is 5.69 Å². The van der Waals surface area contributed by atoms with E-state index in [2.05, 4.69) is 4.98 Å². The largest absolute Gasteiger partial charge is 0.382 e. The molecule has 7 heteroatoms. The van der Waals surface area contributed by atoms with Gasteiger partial charge in [-0.05, 0) is 18.6 Å². The Balaban J connectivity index is 2.30. The summed E-state index contributed by atoms with van der Waals surface area (Å²) >= 11 is 0. The van der Waals surface area contributed by atoms with Gasteiger partial charge in [-0.3, -0.25) is 10.4 Å². The molecule has 1 fully saturated rings. The first-order valence-electron chi connectivity index (χ1n) is 5.63. The Hall–Kier alpha value is -1.63. The number of nitrogens with zero attached hydrogens (tertiary/aromatic N) is 2. The summed E-state index contributed by atoms with van der Waals surface area (Å²) in [7, 11) is -1.11. The topological polar surface area (TPSA) is 100 Å². The first-order chi connectivity index (χ1) is 8.41. The fourth-order valence-electron chi connectivity index (χ4n) is 2.17. The number of hydrogen-bond acceptors (Lipinski definition) is 5. The molecule has 2 rings (SSSR count). The van der Waals surface area contributed by atoms with E-state index in [1.54, 1.807) is 18.3 Å². The second-order valence-corrected chi connectivity index (χ2v) is 6.68. The van der Waals surface area contributed by atoms with Gasteiger partial charge in [-0.2, -0.15) is 0 Å². The molecule has 3 N–H and O–H groups in total. The molecule has 2 heterocycles. The minimum Gasteiger partial charge on any atom is -0.382 e. The van der Waals surface area contributed by atoms with Crippen LogP contribution in [0.1, 0.15) is 12.1 Å². The lowest BCUT2D eigenvalue weighted by Gasteiger charge is -2.26. The SMILES string of the molecule is CN(c1cccnc1C(=N)N)C1CCS(=O)(=O)C1. The maximum absolute atomic E-state index is 11.5. The third-order valence-electron chi connectivity index (χ3n) is 3.18. The highest BCUT2D eigenvalue weighted by Gasteiger charge is 2.31. The van der Waals surface area contributed by atoms with Crippen LogP contribution in [-0.2, 0) is 9.84 Å². The molecule has 0 bridgehead atoms. The van der Waals surface area contributed by atoms with Crippen molar-refractivity contribution in [3.8, 4) is 0 Å². The molecule has 0 spiro atoms. The number of hydrogen-bond donors (Lipinski definition) is 2. The number of anilines is 1. The summed E-state index contributed by atoms with van der Waals surface area (Å²) in [6.45, 7) is 0. The zero-order chi connectivity index (χ0) is 13.3. The van der Waals surface area contributed by atoms with Gasteiger partial charge in [-0.25, -0.2) is 8.42 Å². The maximum Gasteiger partial charge on any atom is 0.152 e. The molecule has 0 saturated carbocycles. The Labute approximate surface area is 106 Å². The van der Waals surface area contributed by atoms with Gasteiger partial charge in [0.2, 0.25) is 0 Å². The van der Waals surface area contributed by atoms with Crippen LogP contribution in [0.5, 0.6) is 0 Å². The van der Waals surface area contributed by atoms with Crippen molar-refractivity contribution in [1.82, 2.24) is 4.98 Å². The monoisotopic (exact) mass is 268 g/mol. The number of sulfone groups is 1. The summed E-state index contributed by atoms with van der Waals surface area (Å²) in [5, 5.41) is 7.49. The molecular weight excluding hydrogens is 252 g/mol. The van der Waals surface area contributed by atoms with E-state index in [1.165, 1.54) is 0 Å². The third kappa shape index (κ3) is 2.45. The van der Waals surface area contributed by atoms with Crippen LogP contribution in [0.3, 0.4) is 0 Å². The first kappa shape index (κ1) is 12.8. The number of amidine groups is 1. The van der Waals surface area contributed by atoms with Crippen LogP contribution in [-0.4, -0.2) is 43.8 Å². The fourth-order valence-corrected chi connectivity index (χ4v) is 3.94. The smallest absolute Gasteiger partial charge is 0.152 e. The Morgan fingerprint density at radius 1 is 1.61 bits per heavy atom. The van der Waals surface area contributed by atoms with Crippen molar-refractivity contribution in [2.45, 2.75) is 12.5 Å². The fraction of sp³-hybridized carbons (Fsp3) is 0.455. The zero-order valence-electron chi connectivity index (χ0n) is 10.1. The predicted octanol–water partition coefficient (Wildman–Crippen LogP) is -0.0110. The molecule has 0 amide bonds. The molecule has 18 heavy (non-hydrogen) atoms. The molecule has 98 valence electrons. The van der Waals surface area contributed by atoms with Crippen LogP contribution in [0.25, 0.3) is 0 Å². The maximum atomic E-state index is 11.5. The summed E-state index contributed by atoms with van der Waals surface area (Å²) < 4.78 is 23.0. The van der Waals surface area contributed by atoms with E-state index in [-0.39, 0.29) is 23.4 Å². The number of pyridine rings is 1. The lowest BCUT2D eigenvalue weighted by Crippen LogP contribution is -2.34. The van der Waals surface area contributed by atoms with E-state index in [0.717, 1.165) is 0 Å². The standard InChI is InChI=1S/C11H16N4O2S/c1-15(8-4-6-18(16,17)7-8)9-3-2-5-14-10(9)11(12)13/h2-3,5,8H,4,6-7H2,1H3,(H3,12,13). The average Bonchev–Trinajstić information content (AvgIpc) is 2.68. The highest BCUT2D eigenvalue weighted by atomic mass is 32.2. The van der Waals surface area contributed by atoms with E-state index < -0.39 is 9.84 Å². The van der Waals surface area contributed by atoms with Crippen molar-refractivity contribution in [2.24, 2.45) is 5.73 Å². The van der Waals surface area contributed by atoms with Crippen molar-refractivity contribution >= 4 is 21.4 Å². The summed E-state index contributed by atoms with van der Waals surface area (Å²) in [5.41, 5.74) is 6.57. The van der Waals surface area contributed by atoms with Crippen LogP contribution >= 0.6 is 0 Å². The molecule has 1 aliphatic heterocycles. The molecule has 0 aromatic carbocycles. The van der Waals surface area contributed by atoms with Crippen molar-refractivity contribution in [1.29, 1.82) is 5.41 Å². The van der Waals surface area contributed by atoms with Gasteiger partial charge in [0.1, 0.15) is 11.5 Å². The number of nitrogen functional groups attached to an aromatic ring is 1. The van der Waals surface area contributed by atoms with Gasteiger partial charge >= 0.3 is 0 Å². The molecule has 1 atom stereocenters. The first-order valence-corrected chi connectivity index (χ1v) is 7.45. The molecule has 1 aromatic rings. The van der Waals surface area contributed by atoms with Gasteiger partial charge in [0.05, 0.1) is 17.2 Å². The molecule has 1 unspecified atom stereocenters. The van der Waals surface area contributed by atoms with Crippen molar-refractivity contribution in [3.63, 3.8) is 0 Å². The third-order valence-corrected chi connectivity index (χ3v) is 4.93. The molecular formula is C11H16N4O2S. The second kappa shape index (κ2) is 4.56. The predicted molar refractivity (Wildman–Crippen MR) is 70.7 cm³/mol. The van der Waals surface area contributed by atoms with E-state index in [9.17, 15) is 8.42 Å². The van der Waals surface area contributed by atoms with Crippen LogP contribution in [0.2, 0.25) is 0 Å². The van der Waals surface area contributed by atoms with E-state index in [0.29, 0.717) is 17.8 Å². The van der Waals surface area contributed by atoms with E-state index in [4.69, 9.17) is 11.1 Å². The molecule has 0 aliphatic carbocycles. The van der Waals surface area contributed by atoms with Crippen molar-refractivity contribution in [3.05, 3.63) is 24.0 Å². The number of nitrogens with one attached hydrogen (secondary N) is 1. The normalized spacial score (nSPS) is 21.7. The van der Waals surface area contributed by atoms with Crippen molar-refractivity contribution in [2.75, 3.05) is 23.5 Å². The quantitative estimate of drug-likeness (QED) is 0.593. The average molecular weight is 268 g/mol. The van der Waals surface area contributed by atoms with Gasteiger partial charge in [0.15, 0.2) is 9.84 Å². The highest BCUT2D eigenvalue weighted by molar-refractivity contribution is 7.91. The summed E-state index contributed by atoms with van der Waals surface area (Å²) in [4.78, 5) is 5.92. The van der Waals surface area contributed by atoms with Gasteiger partial charge in [-0.15, -0.1) is 0 Å². The van der Waals surface area contributed by atoms with E-state index in [1.807, 2.05) is 11.9 Å². The zero-order valence-corrected chi connectivity index (χ0v) is 10.9. The second-order valence-electron chi connectivity index (χ2n) is 4.45. The summed E-state index contributed by atoms with van der Waals surface area (Å²) in [6.07, 6.45) is 2.17. The molecule has 1 saturated heterocycles. The molecule has 1 aromatic heterocycles. The summed E-state index contributed by atoms with van der Waals surface area (Å²) in [5.74, 6) is 0.256. The van der Waals surface area contributed by atoms with Gasteiger partial charge in [0, 0.05) is 19.3 Å². The van der Waals surface area contributed by atoms with Gasteiger partial charge < -0.3 is 10.6 Å². The lowest BCUT2D eigenvalue weighted by molar-refractivity contribution is 0.601. The highest BCUT2D eigenvalue weighted by Crippen LogP contribution is 2.24. The van der Waals surface area contributed by atoms with Gasteiger partial charge in [-0.1, -0.05) is 0 Å². The molecule has 6 nitrogen and oxygen atoms in total. The number of aromatic nitrogens is 1. The minimum absolute atomic E-state index is 0.0719. The molecule has 1 aliphatic rings. The number of nitrogens with two attached hydrogens (primary N) is 1. The number of rotatable bonds is 3. The van der Waals surface area contributed by atoms with Crippen LogP contribution in [0.15, 0.2) is 18.3 Å². The van der Waals surface area contributed by atoms with Crippen LogP contribution in [0, 0.1) is 5.41 Å². The van der Waals surface area contributed by atoms with Crippen molar-refractivity contribution < 1.29 is 8.42 Å². The Morgan fingerprint density at radius 3 is 2.89 bits per heavy atom. The Bertz CT molecular complexity index is 570. The minimum atomic E-state index is -2.93. The Kier molecular flexibility index (Phi) is 3.25. The van der Waals surface area contributed by atoms with E-state index >= 15 is 0 Å².